The Balaban J connectivity index is 4.37. The van der Waals surface area contributed by atoms with Gasteiger partial charge in [-0.2, -0.15) is 0 Å². The van der Waals surface area contributed by atoms with E-state index in [9.17, 15) is 14.4 Å². The summed E-state index contributed by atoms with van der Waals surface area (Å²) in [4.78, 5) is 38.4. The van der Waals surface area contributed by atoms with Crippen LogP contribution in [0.2, 0.25) is 0 Å². The Labute approximate surface area is 491 Å². The number of hydrogen-bond acceptors (Lipinski definition) is 6. The minimum atomic E-state index is -0.788. The Kier molecular flexibility index (Phi) is 64.7. The molecule has 0 saturated heterocycles. The average molecular weight is 1100 g/mol. The van der Waals surface area contributed by atoms with E-state index in [0.717, 1.165) is 109 Å². The van der Waals surface area contributed by atoms with Crippen molar-refractivity contribution in [2.24, 2.45) is 0 Å². The molecule has 0 aromatic rings. The largest absolute Gasteiger partial charge is 0.462 e. The average Bonchev–Trinajstić information content (AvgIpc) is 3.45. The van der Waals surface area contributed by atoms with E-state index < -0.39 is 6.10 Å². The Morgan fingerprint density at radius 3 is 0.785 bits per heavy atom. The van der Waals surface area contributed by atoms with E-state index in [4.69, 9.17) is 14.2 Å². The lowest BCUT2D eigenvalue weighted by atomic mass is 10.0. The summed E-state index contributed by atoms with van der Waals surface area (Å²) in [5.41, 5.74) is 0. The second kappa shape index (κ2) is 67.4. The highest BCUT2D eigenvalue weighted by atomic mass is 16.6. The fraction of sp³-hybridized carbons (Fsp3) is 0.795. The molecule has 0 spiro atoms. The van der Waals surface area contributed by atoms with Crippen molar-refractivity contribution in [3.8, 4) is 0 Å². The lowest BCUT2D eigenvalue weighted by Crippen LogP contribution is -2.30. The summed E-state index contributed by atoms with van der Waals surface area (Å²) in [6.07, 6.45) is 87.7. The molecule has 0 aromatic heterocycles. The van der Waals surface area contributed by atoms with Crippen LogP contribution >= 0.6 is 0 Å². The maximum absolute atomic E-state index is 12.9. The van der Waals surface area contributed by atoms with E-state index >= 15 is 0 Å². The van der Waals surface area contributed by atoms with E-state index in [2.05, 4.69) is 93.7 Å². The predicted molar refractivity (Wildman–Crippen MR) is 344 cm³/mol. The number of unbranched alkanes of at least 4 members (excludes halogenated alkanes) is 40. The van der Waals surface area contributed by atoms with Crippen molar-refractivity contribution in [1.29, 1.82) is 0 Å². The van der Waals surface area contributed by atoms with E-state index in [0.29, 0.717) is 19.3 Å². The molecule has 0 aliphatic rings. The van der Waals surface area contributed by atoms with Crippen molar-refractivity contribution in [2.75, 3.05) is 13.2 Å². The molecule has 6 nitrogen and oxygen atoms in total. The van der Waals surface area contributed by atoms with Crippen LogP contribution in [0.25, 0.3) is 0 Å². The fourth-order valence-corrected chi connectivity index (χ4v) is 10.1. The SMILES string of the molecule is CC/C=C\C/C=C\C/C=C\C/C=C\C/C=C\CCCCCCCC(=O)OC(COC(=O)CCCCCCCCC/C=C\CCCCCCCC)COC(=O)CCCCCCCCCCCCCCCCCCCCCCCCC. The zero-order valence-corrected chi connectivity index (χ0v) is 52.6. The van der Waals surface area contributed by atoms with Gasteiger partial charge in [-0.25, -0.2) is 0 Å². The van der Waals surface area contributed by atoms with Gasteiger partial charge in [0.2, 0.25) is 0 Å². The summed E-state index contributed by atoms with van der Waals surface area (Å²) in [5, 5.41) is 0. The maximum atomic E-state index is 12.9. The summed E-state index contributed by atoms with van der Waals surface area (Å²) in [6, 6.07) is 0. The van der Waals surface area contributed by atoms with Crippen LogP contribution < -0.4 is 0 Å². The fourth-order valence-electron chi connectivity index (χ4n) is 10.1. The zero-order valence-electron chi connectivity index (χ0n) is 52.6. The minimum Gasteiger partial charge on any atom is -0.462 e. The molecule has 0 aliphatic heterocycles. The molecule has 0 bridgehead atoms. The highest BCUT2D eigenvalue weighted by Gasteiger charge is 2.19. The van der Waals surface area contributed by atoms with Crippen molar-refractivity contribution in [3.63, 3.8) is 0 Å². The van der Waals surface area contributed by atoms with Crippen LogP contribution in [0.1, 0.15) is 355 Å². The minimum absolute atomic E-state index is 0.0814. The van der Waals surface area contributed by atoms with E-state index in [1.54, 1.807) is 0 Å². The second-order valence-electron chi connectivity index (χ2n) is 23.1. The van der Waals surface area contributed by atoms with Gasteiger partial charge in [-0.05, 0) is 89.9 Å². The number of rotatable bonds is 63. The van der Waals surface area contributed by atoms with Gasteiger partial charge in [0, 0.05) is 19.3 Å². The molecular weight excluding hydrogens is 973 g/mol. The van der Waals surface area contributed by atoms with Crippen LogP contribution in [-0.2, 0) is 28.6 Å². The molecule has 0 aromatic carbocycles. The number of hydrogen-bond donors (Lipinski definition) is 0. The molecule has 0 amide bonds. The number of allylic oxidation sites excluding steroid dienone is 12. The molecule has 0 aliphatic carbocycles. The quantitative estimate of drug-likeness (QED) is 0.0261. The number of ether oxygens (including phenoxy) is 3. The molecule has 1 atom stereocenters. The molecule has 0 fully saturated rings. The summed E-state index contributed by atoms with van der Waals surface area (Å²) in [7, 11) is 0. The Bertz CT molecular complexity index is 1450. The maximum Gasteiger partial charge on any atom is 0.306 e. The first-order chi connectivity index (χ1) is 39.0. The number of carbonyl (C=O) groups excluding carboxylic acids is 3. The second-order valence-corrected chi connectivity index (χ2v) is 23.1. The molecule has 0 saturated carbocycles. The first-order valence-corrected chi connectivity index (χ1v) is 34.4. The van der Waals surface area contributed by atoms with Gasteiger partial charge < -0.3 is 14.2 Å². The summed E-state index contributed by atoms with van der Waals surface area (Å²) in [6.45, 7) is 6.56. The third kappa shape index (κ3) is 65.5. The Hall–Kier alpha value is -3.15. The van der Waals surface area contributed by atoms with Crippen molar-refractivity contribution in [1.82, 2.24) is 0 Å². The summed E-state index contributed by atoms with van der Waals surface area (Å²) < 4.78 is 17.0. The van der Waals surface area contributed by atoms with Crippen molar-refractivity contribution >= 4 is 17.9 Å². The molecule has 0 N–H and O–H groups in total. The van der Waals surface area contributed by atoms with Crippen LogP contribution in [0.5, 0.6) is 0 Å². The van der Waals surface area contributed by atoms with Gasteiger partial charge in [0.05, 0.1) is 0 Å². The van der Waals surface area contributed by atoms with Crippen molar-refractivity contribution < 1.29 is 28.6 Å². The first kappa shape index (κ1) is 75.8. The van der Waals surface area contributed by atoms with Crippen LogP contribution in [0, 0.1) is 0 Å². The highest BCUT2D eigenvalue weighted by Crippen LogP contribution is 2.18. The Morgan fingerprint density at radius 1 is 0.266 bits per heavy atom. The van der Waals surface area contributed by atoms with Gasteiger partial charge >= 0.3 is 17.9 Å². The van der Waals surface area contributed by atoms with Crippen LogP contribution in [0.15, 0.2) is 72.9 Å². The third-order valence-electron chi connectivity index (χ3n) is 15.2. The molecule has 1 unspecified atom stereocenters. The van der Waals surface area contributed by atoms with Gasteiger partial charge in [0.15, 0.2) is 6.10 Å². The zero-order chi connectivity index (χ0) is 57.1. The topological polar surface area (TPSA) is 78.9 Å². The Morgan fingerprint density at radius 2 is 0.494 bits per heavy atom. The van der Waals surface area contributed by atoms with Gasteiger partial charge in [-0.1, -0.05) is 318 Å². The van der Waals surface area contributed by atoms with Crippen LogP contribution in [0.4, 0.5) is 0 Å². The van der Waals surface area contributed by atoms with Crippen LogP contribution in [0.3, 0.4) is 0 Å². The van der Waals surface area contributed by atoms with Gasteiger partial charge in [-0.15, -0.1) is 0 Å². The molecule has 0 heterocycles. The molecule has 0 rings (SSSR count). The standard InChI is InChI=1S/C73H130O6/c1-4-7-10-13-16-19-22-25-28-31-33-35-36-38-39-42-45-48-51-54-57-60-63-66-72(75)78-69-70(68-77-71(74)65-62-59-56-53-50-47-44-41-30-27-24-21-18-15-12-9-6-3)79-73(76)67-64-61-58-55-52-49-46-43-40-37-34-32-29-26-23-20-17-14-11-8-5-2/h8,11,17,20,26-27,29-30,34,37,43,46,70H,4-7,9-10,12-16,18-19,21-25,28,31-33,35-36,38-42,44-45,47-69H2,1-3H3/b11-8-,20-17-,29-26-,30-27-,37-34-,46-43-. The smallest absolute Gasteiger partial charge is 0.306 e. The monoisotopic (exact) mass is 1100 g/mol. The molecule has 458 valence electrons. The highest BCUT2D eigenvalue weighted by molar-refractivity contribution is 5.71. The van der Waals surface area contributed by atoms with Gasteiger partial charge in [0.25, 0.3) is 0 Å². The van der Waals surface area contributed by atoms with Gasteiger partial charge in [0.1, 0.15) is 13.2 Å². The molecule has 79 heavy (non-hydrogen) atoms. The van der Waals surface area contributed by atoms with E-state index in [1.165, 1.54) is 205 Å². The summed E-state index contributed by atoms with van der Waals surface area (Å²) in [5.74, 6) is -0.884. The third-order valence-corrected chi connectivity index (χ3v) is 15.2. The summed E-state index contributed by atoms with van der Waals surface area (Å²) >= 11 is 0. The lowest BCUT2D eigenvalue weighted by Gasteiger charge is -2.18. The lowest BCUT2D eigenvalue weighted by molar-refractivity contribution is -0.167. The molecule has 6 heteroatoms. The first-order valence-electron chi connectivity index (χ1n) is 34.4. The van der Waals surface area contributed by atoms with Crippen LogP contribution in [-0.4, -0.2) is 37.2 Å². The van der Waals surface area contributed by atoms with E-state index in [1.807, 2.05) is 0 Å². The molecular formula is C73H130O6. The van der Waals surface area contributed by atoms with E-state index in [-0.39, 0.29) is 31.1 Å². The van der Waals surface area contributed by atoms with Gasteiger partial charge in [-0.3, -0.25) is 14.4 Å². The predicted octanol–water partition coefficient (Wildman–Crippen LogP) is 23.7. The van der Waals surface area contributed by atoms with Crippen molar-refractivity contribution in [3.05, 3.63) is 72.9 Å². The van der Waals surface area contributed by atoms with Crippen molar-refractivity contribution in [2.45, 2.75) is 361 Å². The number of esters is 3. The number of carbonyl (C=O) groups is 3. The normalized spacial score (nSPS) is 12.5. The molecule has 0 radical (unpaired) electrons.